The third-order valence-electron chi connectivity index (χ3n) is 1.60. The summed E-state index contributed by atoms with van der Waals surface area (Å²) in [6, 6.07) is 0. The lowest BCUT2D eigenvalue weighted by molar-refractivity contribution is -0.0113. The summed E-state index contributed by atoms with van der Waals surface area (Å²) in [5.74, 6) is 0. The van der Waals surface area contributed by atoms with Crippen LogP contribution >= 0.6 is 0 Å². The van der Waals surface area contributed by atoms with E-state index in [1.54, 1.807) is 0 Å². The summed E-state index contributed by atoms with van der Waals surface area (Å²) in [5.41, 5.74) is 0.187. The van der Waals surface area contributed by atoms with Crippen LogP contribution in [-0.2, 0) is 4.74 Å². The van der Waals surface area contributed by atoms with Crippen LogP contribution < -0.4 is 5.32 Å². The summed E-state index contributed by atoms with van der Waals surface area (Å²) < 4.78 is 5.43. The van der Waals surface area contributed by atoms with Crippen LogP contribution in [0.5, 0.6) is 0 Å². The van der Waals surface area contributed by atoms with Crippen molar-refractivity contribution in [1.29, 1.82) is 0 Å². The summed E-state index contributed by atoms with van der Waals surface area (Å²) in [6.45, 7) is 8.20. The average Bonchev–Trinajstić information content (AvgIpc) is 1.78. The van der Waals surface area contributed by atoms with Crippen LogP contribution in [0.2, 0.25) is 0 Å². The van der Waals surface area contributed by atoms with Crippen LogP contribution in [0, 0.1) is 0 Å². The van der Waals surface area contributed by atoms with Gasteiger partial charge in [-0.1, -0.05) is 0 Å². The molecule has 1 unspecified atom stereocenters. The average molecular weight is 129 g/mol. The molecule has 1 N–H and O–H groups in total. The Balaban J connectivity index is 2.35. The first-order valence-corrected chi connectivity index (χ1v) is 3.47. The Hall–Kier alpha value is -0.0800. The van der Waals surface area contributed by atoms with Crippen LogP contribution in [0.4, 0.5) is 0 Å². The van der Waals surface area contributed by atoms with Gasteiger partial charge in [0, 0.05) is 12.1 Å². The Bertz CT molecular complexity index is 91.1. The monoisotopic (exact) mass is 129 g/mol. The minimum absolute atomic E-state index is 0.187. The molecule has 0 aromatic heterocycles. The Morgan fingerprint density at radius 2 is 2.22 bits per heavy atom. The van der Waals surface area contributed by atoms with Crippen molar-refractivity contribution in [3.05, 3.63) is 0 Å². The van der Waals surface area contributed by atoms with E-state index in [0.717, 1.165) is 13.2 Å². The lowest BCUT2D eigenvalue weighted by atomic mass is 10.1. The summed E-state index contributed by atoms with van der Waals surface area (Å²) in [6.07, 6.45) is 0.387. The fraction of sp³-hybridized carbons (Fsp3) is 1.00. The first-order valence-electron chi connectivity index (χ1n) is 3.47. The van der Waals surface area contributed by atoms with E-state index in [1.807, 2.05) is 0 Å². The predicted molar refractivity (Wildman–Crippen MR) is 37.5 cm³/mol. The topological polar surface area (TPSA) is 21.3 Å². The molecule has 1 aliphatic rings. The Morgan fingerprint density at radius 1 is 1.56 bits per heavy atom. The normalized spacial score (nSPS) is 34.3. The summed E-state index contributed by atoms with van der Waals surface area (Å²) in [4.78, 5) is 0. The van der Waals surface area contributed by atoms with Crippen LogP contribution in [0.15, 0.2) is 0 Å². The largest absolute Gasteiger partial charge is 0.375 e. The van der Waals surface area contributed by atoms with Crippen molar-refractivity contribution < 1.29 is 4.74 Å². The molecular weight excluding hydrogens is 114 g/mol. The molecule has 1 aliphatic heterocycles. The summed E-state index contributed by atoms with van der Waals surface area (Å²) >= 11 is 0. The molecule has 1 atom stereocenters. The lowest BCUT2D eigenvalue weighted by Gasteiger charge is -2.34. The number of ether oxygens (including phenoxy) is 1. The standard InChI is InChI=1S/C7H15NO/c1-6-4-8-7(2,3)5-9-6/h6,8H,4-5H2,1-3H3. The molecule has 2 heteroatoms. The molecule has 0 spiro atoms. The highest BCUT2D eigenvalue weighted by Gasteiger charge is 2.23. The number of hydrogen-bond donors (Lipinski definition) is 1. The van der Waals surface area contributed by atoms with Gasteiger partial charge in [0.1, 0.15) is 0 Å². The van der Waals surface area contributed by atoms with Gasteiger partial charge in [-0.05, 0) is 20.8 Å². The maximum Gasteiger partial charge on any atom is 0.0672 e. The fourth-order valence-corrected chi connectivity index (χ4v) is 0.881. The van der Waals surface area contributed by atoms with Crippen LogP contribution in [0.3, 0.4) is 0 Å². The van der Waals surface area contributed by atoms with Crippen molar-refractivity contribution in [3.63, 3.8) is 0 Å². The van der Waals surface area contributed by atoms with Gasteiger partial charge >= 0.3 is 0 Å². The second kappa shape index (κ2) is 2.27. The molecule has 0 saturated carbocycles. The molecule has 0 radical (unpaired) electrons. The molecule has 1 fully saturated rings. The van der Waals surface area contributed by atoms with E-state index in [0.29, 0.717) is 6.10 Å². The van der Waals surface area contributed by atoms with Gasteiger partial charge in [0.05, 0.1) is 12.7 Å². The van der Waals surface area contributed by atoms with E-state index in [-0.39, 0.29) is 5.54 Å². The molecule has 9 heavy (non-hydrogen) atoms. The Morgan fingerprint density at radius 3 is 2.56 bits per heavy atom. The van der Waals surface area contributed by atoms with Gasteiger partial charge in [0.15, 0.2) is 0 Å². The first-order chi connectivity index (χ1) is 4.10. The van der Waals surface area contributed by atoms with Gasteiger partial charge in [-0.25, -0.2) is 0 Å². The van der Waals surface area contributed by atoms with E-state index >= 15 is 0 Å². The van der Waals surface area contributed by atoms with E-state index in [4.69, 9.17) is 4.74 Å². The molecule has 0 aromatic carbocycles. The van der Waals surface area contributed by atoms with E-state index in [2.05, 4.69) is 26.1 Å². The molecule has 0 bridgehead atoms. The van der Waals surface area contributed by atoms with E-state index in [1.165, 1.54) is 0 Å². The molecular formula is C7H15NO. The molecule has 0 amide bonds. The molecule has 0 aromatic rings. The SMILES string of the molecule is CC1CNC(C)(C)CO1. The molecule has 1 heterocycles. The van der Waals surface area contributed by atoms with Crippen molar-refractivity contribution >= 4 is 0 Å². The summed E-state index contributed by atoms with van der Waals surface area (Å²) in [7, 11) is 0. The lowest BCUT2D eigenvalue weighted by Crippen LogP contribution is -2.52. The van der Waals surface area contributed by atoms with Crippen LogP contribution in [0.1, 0.15) is 20.8 Å². The zero-order valence-corrected chi connectivity index (χ0v) is 6.40. The van der Waals surface area contributed by atoms with Gasteiger partial charge in [-0.3, -0.25) is 0 Å². The highest BCUT2D eigenvalue weighted by molar-refractivity contribution is 4.82. The zero-order chi connectivity index (χ0) is 6.91. The van der Waals surface area contributed by atoms with Gasteiger partial charge in [-0.2, -0.15) is 0 Å². The van der Waals surface area contributed by atoms with Crippen molar-refractivity contribution in [2.24, 2.45) is 0 Å². The van der Waals surface area contributed by atoms with Gasteiger partial charge in [-0.15, -0.1) is 0 Å². The van der Waals surface area contributed by atoms with Crippen LogP contribution in [0.25, 0.3) is 0 Å². The molecule has 54 valence electrons. The minimum Gasteiger partial charge on any atom is -0.375 e. The zero-order valence-electron chi connectivity index (χ0n) is 6.40. The highest BCUT2D eigenvalue weighted by atomic mass is 16.5. The fourth-order valence-electron chi connectivity index (χ4n) is 0.881. The van der Waals surface area contributed by atoms with E-state index in [9.17, 15) is 0 Å². The maximum atomic E-state index is 5.43. The van der Waals surface area contributed by atoms with Crippen molar-refractivity contribution in [2.75, 3.05) is 13.2 Å². The second-order valence-corrected chi connectivity index (χ2v) is 3.39. The predicted octanol–water partition coefficient (Wildman–Crippen LogP) is 0.773. The van der Waals surface area contributed by atoms with Crippen molar-refractivity contribution in [1.82, 2.24) is 5.32 Å². The molecule has 0 aliphatic carbocycles. The second-order valence-electron chi connectivity index (χ2n) is 3.39. The summed E-state index contributed by atoms with van der Waals surface area (Å²) in [5, 5.41) is 3.38. The minimum atomic E-state index is 0.187. The maximum absolute atomic E-state index is 5.43. The first kappa shape index (κ1) is 7.03. The Labute approximate surface area is 56.6 Å². The number of morpholine rings is 1. The van der Waals surface area contributed by atoms with Crippen molar-refractivity contribution in [3.8, 4) is 0 Å². The molecule has 1 rings (SSSR count). The number of nitrogens with one attached hydrogen (secondary N) is 1. The Kier molecular flexibility index (Phi) is 1.78. The van der Waals surface area contributed by atoms with Gasteiger partial charge in [0.2, 0.25) is 0 Å². The number of hydrogen-bond acceptors (Lipinski definition) is 2. The highest BCUT2D eigenvalue weighted by Crippen LogP contribution is 2.09. The van der Waals surface area contributed by atoms with Gasteiger partial charge < -0.3 is 10.1 Å². The smallest absolute Gasteiger partial charge is 0.0672 e. The van der Waals surface area contributed by atoms with Crippen LogP contribution in [-0.4, -0.2) is 24.8 Å². The quantitative estimate of drug-likeness (QED) is 0.521. The third kappa shape index (κ3) is 1.95. The molecule has 1 saturated heterocycles. The van der Waals surface area contributed by atoms with Gasteiger partial charge in [0.25, 0.3) is 0 Å². The van der Waals surface area contributed by atoms with E-state index < -0.39 is 0 Å². The third-order valence-corrected chi connectivity index (χ3v) is 1.60. The number of rotatable bonds is 0. The molecule has 2 nitrogen and oxygen atoms in total. The van der Waals surface area contributed by atoms with Crippen molar-refractivity contribution in [2.45, 2.75) is 32.4 Å².